The molecule has 0 aliphatic heterocycles. The minimum absolute atomic E-state index is 0.551. The average molecular weight is 313 g/mol. The monoisotopic (exact) mass is 311 g/mol. The Bertz CT molecular complexity index is 484. The number of benzene rings is 1. The second kappa shape index (κ2) is 5.63. The summed E-state index contributed by atoms with van der Waals surface area (Å²) < 4.78 is 0.869. The Morgan fingerprint density at radius 3 is 2.59 bits per heavy atom. The van der Waals surface area contributed by atoms with Gasteiger partial charge < -0.3 is 5.11 Å². The fourth-order valence-electron chi connectivity index (χ4n) is 1.63. The first-order chi connectivity index (χ1) is 8.15. The summed E-state index contributed by atoms with van der Waals surface area (Å²) in [6.07, 6.45) is 3.42. The van der Waals surface area contributed by atoms with Crippen LogP contribution in [0, 0.1) is 0 Å². The van der Waals surface area contributed by atoms with E-state index in [9.17, 15) is 5.11 Å². The van der Waals surface area contributed by atoms with Crippen molar-refractivity contribution >= 4 is 27.5 Å². The molecule has 0 aliphatic rings. The van der Waals surface area contributed by atoms with Crippen LogP contribution in [0.15, 0.2) is 47.2 Å². The van der Waals surface area contributed by atoms with Gasteiger partial charge in [0.15, 0.2) is 0 Å². The van der Waals surface area contributed by atoms with E-state index in [0.29, 0.717) is 11.4 Å². The van der Waals surface area contributed by atoms with Gasteiger partial charge in [0.25, 0.3) is 0 Å². The maximum atomic E-state index is 10.1. The summed E-state index contributed by atoms with van der Waals surface area (Å²) in [5, 5.41) is 10.7. The maximum absolute atomic E-state index is 10.1. The molecule has 1 heterocycles. The summed E-state index contributed by atoms with van der Waals surface area (Å²) in [6, 6.07) is 9.23. The summed E-state index contributed by atoms with van der Waals surface area (Å²) in [4.78, 5) is 3.94. The van der Waals surface area contributed by atoms with Crippen LogP contribution < -0.4 is 0 Å². The summed E-state index contributed by atoms with van der Waals surface area (Å²) >= 11 is 9.31. The zero-order valence-electron chi connectivity index (χ0n) is 8.98. The Labute approximate surface area is 113 Å². The van der Waals surface area contributed by atoms with E-state index in [1.807, 2.05) is 18.2 Å². The van der Waals surface area contributed by atoms with E-state index >= 15 is 0 Å². The average Bonchev–Trinajstić information content (AvgIpc) is 2.29. The van der Waals surface area contributed by atoms with Crippen molar-refractivity contribution in [1.82, 2.24) is 4.98 Å². The van der Waals surface area contributed by atoms with Crippen LogP contribution in [0.4, 0.5) is 0 Å². The molecule has 1 aromatic heterocycles. The van der Waals surface area contributed by atoms with Crippen LogP contribution in [0.1, 0.15) is 17.2 Å². The van der Waals surface area contributed by atoms with Crippen molar-refractivity contribution in [3.63, 3.8) is 0 Å². The van der Waals surface area contributed by atoms with E-state index in [0.717, 1.165) is 15.6 Å². The molecule has 1 aromatic carbocycles. The smallest absolute Gasteiger partial charge is 0.0831 e. The summed E-state index contributed by atoms with van der Waals surface area (Å²) in [7, 11) is 0. The highest BCUT2D eigenvalue weighted by molar-refractivity contribution is 9.10. The van der Waals surface area contributed by atoms with Gasteiger partial charge in [0.05, 0.1) is 6.10 Å². The number of nitrogens with zero attached hydrogens (tertiary/aromatic N) is 1. The van der Waals surface area contributed by atoms with Crippen LogP contribution in [-0.4, -0.2) is 10.1 Å². The number of hydrogen-bond acceptors (Lipinski definition) is 2. The minimum atomic E-state index is -0.563. The lowest BCUT2D eigenvalue weighted by Gasteiger charge is -2.11. The molecule has 0 radical (unpaired) electrons. The number of pyridine rings is 1. The highest BCUT2D eigenvalue weighted by Gasteiger charge is 2.10. The Morgan fingerprint density at radius 1 is 1.24 bits per heavy atom. The topological polar surface area (TPSA) is 33.1 Å². The normalized spacial score (nSPS) is 12.4. The highest BCUT2D eigenvalue weighted by Crippen LogP contribution is 2.25. The molecule has 0 saturated heterocycles. The van der Waals surface area contributed by atoms with E-state index in [-0.39, 0.29) is 0 Å². The lowest BCUT2D eigenvalue weighted by atomic mass is 10.0. The van der Waals surface area contributed by atoms with Gasteiger partial charge in [0, 0.05) is 28.3 Å². The molecule has 0 spiro atoms. The number of rotatable bonds is 3. The minimum Gasteiger partial charge on any atom is -0.388 e. The lowest BCUT2D eigenvalue weighted by molar-refractivity contribution is 0.178. The van der Waals surface area contributed by atoms with Crippen molar-refractivity contribution in [2.75, 3.05) is 0 Å². The molecular weight excluding hydrogens is 302 g/mol. The molecule has 0 amide bonds. The molecule has 2 aromatic rings. The third-order valence-electron chi connectivity index (χ3n) is 2.45. The number of aliphatic hydroxyl groups is 1. The molecule has 0 aliphatic carbocycles. The molecule has 1 N–H and O–H groups in total. The molecule has 0 saturated carbocycles. The van der Waals surface area contributed by atoms with E-state index in [1.54, 1.807) is 24.5 Å². The number of aromatic nitrogens is 1. The van der Waals surface area contributed by atoms with Crippen molar-refractivity contribution in [1.29, 1.82) is 0 Å². The first-order valence-electron chi connectivity index (χ1n) is 5.18. The summed E-state index contributed by atoms with van der Waals surface area (Å²) in [5.41, 5.74) is 1.85. The first-order valence-corrected chi connectivity index (χ1v) is 6.35. The fourth-order valence-corrected chi connectivity index (χ4v) is 2.51. The van der Waals surface area contributed by atoms with Crippen LogP contribution in [0.2, 0.25) is 5.02 Å². The molecular formula is C13H11BrClNO. The molecule has 88 valence electrons. The van der Waals surface area contributed by atoms with Crippen LogP contribution >= 0.6 is 27.5 Å². The standard InChI is InChI=1S/C13H11BrClNO/c14-11-6-10(7-12(15)8-11)13(17)5-9-1-3-16-4-2-9/h1-4,6-8,13,17H,5H2. The van der Waals surface area contributed by atoms with Crippen LogP contribution in [0.25, 0.3) is 0 Å². The van der Waals surface area contributed by atoms with Gasteiger partial charge >= 0.3 is 0 Å². The Hall–Kier alpha value is -0.900. The van der Waals surface area contributed by atoms with Gasteiger partial charge in [-0.1, -0.05) is 27.5 Å². The second-order valence-electron chi connectivity index (χ2n) is 3.78. The predicted octanol–water partition coefficient (Wildman–Crippen LogP) is 3.77. The Balaban J connectivity index is 2.17. The molecule has 0 fully saturated rings. The second-order valence-corrected chi connectivity index (χ2v) is 5.13. The molecule has 17 heavy (non-hydrogen) atoms. The predicted molar refractivity (Wildman–Crippen MR) is 72.1 cm³/mol. The van der Waals surface area contributed by atoms with Gasteiger partial charge in [-0.2, -0.15) is 0 Å². The molecule has 2 rings (SSSR count). The van der Waals surface area contributed by atoms with Gasteiger partial charge in [-0.3, -0.25) is 4.98 Å². The Morgan fingerprint density at radius 2 is 1.94 bits per heavy atom. The molecule has 2 nitrogen and oxygen atoms in total. The maximum Gasteiger partial charge on any atom is 0.0831 e. The number of hydrogen-bond donors (Lipinski definition) is 1. The van der Waals surface area contributed by atoms with Gasteiger partial charge in [0.2, 0.25) is 0 Å². The van der Waals surface area contributed by atoms with Gasteiger partial charge in [0.1, 0.15) is 0 Å². The van der Waals surface area contributed by atoms with Crippen LogP contribution in [0.3, 0.4) is 0 Å². The van der Waals surface area contributed by atoms with Gasteiger partial charge in [-0.05, 0) is 41.5 Å². The van der Waals surface area contributed by atoms with Gasteiger partial charge in [-0.25, -0.2) is 0 Å². The van der Waals surface area contributed by atoms with Gasteiger partial charge in [-0.15, -0.1) is 0 Å². The van der Waals surface area contributed by atoms with Crippen molar-refractivity contribution in [2.24, 2.45) is 0 Å². The fraction of sp³-hybridized carbons (Fsp3) is 0.154. The molecule has 4 heteroatoms. The van der Waals surface area contributed by atoms with Crippen LogP contribution in [0.5, 0.6) is 0 Å². The number of aliphatic hydroxyl groups excluding tert-OH is 1. The Kier molecular flexibility index (Phi) is 4.15. The van der Waals surface area contributed by atoms with Crippen molar-refractivity contribution in [2.45, 2.75) is 12.5 Å². The third-order valence-corrected chi connectivity index (χ3v) is 3.12. The summed E-state index contributed by atoms with van der Waals surface area (Å²) in [6.45, 7) is 0. The largest absolute Gasteiger partial charge is 0.388 e. The van der Waals surface area contributed by atoms with E-state index < -0.39 is 6.10 Å². The van der Waals surface area contributed by atoms with E-state index in [1.165, 1.54) is 0 Å². The lowest BCUT2D eigenvalue weighted by Crippen LogP contribution is -2.01. The third kappa shape index (κ3) is 3.53. The quantitative estimate of drug-likeness (QED) is 0.936. The van der Waals surface area contributed by atoms with E-state index in [4.69, 9.17) is 11.6 Å². The zero-order chi connectivity index (χ0) is 12.3. The zero-order valence-corrected chi connectivity index (χ0v) is 11.3. The van der Waals surface area contributed by atoms with Crippen molar-refractivity contribution in [3.05, 3.63) is 63.3 Å². The number of halogens is 2. The van der Waals surface area contributed by atoms with Crippen molar-refractivity contribution < 1.29 is 5.11 Å². The SMILES string of the molecule is OC(Cc1ccncc1)c1cc(Cl)cc(Br)c1. The highest BCUT2D eigenvalue weighted by atomic mass is 79.9. The molecule has 1 atom stereocenters. The molecule has 0 bridgehead atoms. The first kappa shape index (κ1) is 12.6. The molecule has 1 unspecified atom stereocenters. The van der Waals surface area contributed by atoms with Crippen molar-refractivity contribution in [3.8, 4) is 0 Å². The van der Waals surface area contributed by atoms with Crippen LogP contribution in [-0.2, 0) is 6.42 Å². The van der Waals surface area contributed by atoms with E-state index in [2.05, 4.69) is 20.9 Å². The summed E-state index contributed by atoms with van der Waals surface area (Å²) in [5.74, 6) is 0.